The lowest BCUT2D eigenvalue weighted by Crippen LogP contribution is -2.12. The highest BCUT2D eigenvalue weighted by atomic mass is 19.1. The zero-order valence-electron chi connectivity index (χ0n) is 17.8. The van der Waals surface area contributed by atoms with Gasteiger partial charge in [0.05, 0.1) is 0 Å². The van der Waals surface area contributed by atoms with E-state index in [-0.39, 0.29) is 6.54 Å². The van der Waals surface area contributed by atoms with E-state index in [1.807, 2.05) is 25.1 Å². The zero-order valence-corrected chi connectivity index (χ0v) is 17.8. The molecule has 2 N–H and O–H groups in total. The molecule has 6 nitrogen and oxygen atoms in total. The first kappa shape index (κ1) is 21.9. The lowest BCUT2D eigenvalue weighted by atomic mass is 10.0. The van der Waals surface area contributed by atoms with Gasteiger partial charge >= 0.3 is 0 Å². The maximum atomic E-state index is 13.4. The highest BCUT2D eigenvalue weighted by Gasteiger charge is 2.10. The Balaban J connectivity index is 1.47. The van der Waals surface area contributed by atoms with Crippen LogP contribution in [0.3, 0.4) is 0 Å². The van der Waals surface area contributed by atoms with Crippen LogP contribution in [-0.2, 0) is 6.54 Å². The Bertz CT molecular complexity index is 1260. The normalized spacial score (nSPS) is 10.5. The van der Waals surface area contributed by atoms with E-state index in [4.69, 9.17) is 4.74 Å². The average molecular weight is 445 g/mol. The fourth-order valence-electron chi connectivity index (χ4n) is 3.22. The van der Waals surface area contributed by atoms with Gasteiger partial charge in [-0.3, -0.25) is 0 Å². The van der Waals surface area contributed by atoms with Gasteiger partial charge in [0.25, 0.3) is 0 Å². The van der Waals surface area contributed by atoms with Gasteiger partial charge in [0.15, 0.2) is 0 Å². The van der Waals surface area contributed by atoms with E-state index in [1.165, 1.54) is 12.1 Å². The largest absolute Gasteiger partial charge is 0.457 e. The fourth-order valence-corrected chi connectivity index (χ4v) is 3.22. The minimum Gasteiger partial charge on any atom is -0.457 e. The molecule has 0 aliphatic rings. The number of nitrogens with zero attached hydrogens (tertiary/aromatic N) is 3. The molecule has 0 unspecified atom stereocenters. The van der Waals surface area contributed by atoms with Crippen molar-refractivity contribution in [3.8, 4) is 11.5 Å². The van der Waals surface area contributed by atoms with Gasteiger partial charge in [-0.2, -0.15) is 0 Å². The summed E-state index contributed by atoms with van der Waals surface area (Å²) in [4.78, 5) is 12.5. The SMILES string of the molecule is C=C(NCc1cc(F)cc(F)c1)c1cccc(Oc2ccnc(Nc3ncccn3)c2)c1C. The van der Waals surface area contributed by atoms with Crippen molar-refractivity contribution in [1.82, 2.24) is 20.3 Å². The van der Waals surface area contributed by atoms with Gasteiger partial charge < -0.3 is 15.4 Å². The summed E-state index contributed by atoms with van der Waals surface area (Å²) < 4.78 is 32.9. The summed E-state index contributed by atoms with van der Waals surface area (Å²) in [5.41, 5.74) is 2.78. The summed E-state index contributed by atoms with van der Waals surface area (Å²) in [5, 5.41) is 6.14. The van der Waals surface area contributed by atoms with Crippen molar-refractivity contribution in [3.63, 3.8) is 0 Å². The fraction of sp³-hybridized carbons (Fsp3) is 0.0800. The van der Waals surface area contributed by atoms with Gasteiger partial charge in [-0.1, -0.05) is 18.7 Å². The smallest absolute Gasteiger partial charge is 0.228 e. The molecule has 0 saturated heterocycles. The summed E-state index contributed by atoms with van der Waals surface area (Å²) >= 11 is 0. The minimum absolute atomic E-state index is 0.235. The first-order valence-electron chi connectivity index (χ1n) is 10.1. The molecule has 33 heavy (non-hydrogen) atoms. The molecule has 166 valence electrons. The molecular weight excluding hydrogens is 424 g/mol. The molecular formula is C25H21F2N5O. The van der Waals surface area contributed by atoms with Crippen molar-refractivity contribution in [2.24, 2.45) is 0 Å². The van der Waals surface area contributed by atoms with Crippen molar-refractivity contribution in [2.45, 2.75) is 13.5 Å². The molecule has 4 aromatic rings. The van der Waals surface area contributed by atoms with Crippen molar-refractivity contribution in [2.75, 3.05) is 5.32 Å². The van der Waals surface area contributed by atoms with Gasteiger partial charge in [0.1, 0.15) is 29.0 Å². The lowest BCUT2D eigenvalue weighted by Gasteiger charge is -2.16. The minimum atomic E-state index is -0.617. The van der Waals surface area contributed by atoms with Gasteiger partial charge in [0, 0.05) is 54.1 Å². The number of pyridine rings is 1. The number of hydrogen-bond donors (Lipinski definition) is 2. The molecule has 0 aliphatic heterocycles. The third kappa shape index (κ3) is 5.68. The van der Waals surface area contributed by atoms with Gasteiger partial charge in [0.2, 0.25) is 5.95 Å². The van der Waals surface area contributed by atoms with Crippen molar-refractivity contribution < 1.29 is 13.5 Å². The summed E-state index contributed by atoms with van der Waals surface area (Å²) in [6.45, 7) is 6.22. The number of nitrogens with one attached hydrogen (secondary N) is 2. The second-order valence-corrected chi connectivity index (χ2v) is 7.21. The van der Waals surface area contributed by atoms with Crippen LogP contribution in [0.2, 0.25) is 0 Å². The molecule has 8 heteroatoms. The third-order valence-electron chi connectivity index (χ3n) is 4.80. The molecule has 0 spiro atoms. The topological polar surface area (TPSA) is 72.0 Å². The van der Waals surface area contributed by atoms with Crippen LogP contribution in [-0.4, -0.2) is 15.0 Å². The van der Waals surface area contributed by atoms with Crippen LogP contribution in [0, 0.1) is 18.6 Å². The number of aromatic nitrogens is 3. The van der Waals surface area contributed by atoms with Crippen molar-refractivity contribution >= 4 is 17.5 Å². The van der Waals surface area contributed by atoms with E-state index in [0.717, 1.165) is 17.2 Å². The molecule has 2 aromatic carbocycles. The van der Waals surface area contributed by atoms with E-state index >= 15 is 0 Å². The average Bonchev–Trinajstić information content (AvgIpc) is 2.79. The highest BCUT2D eigenvalue weighted by Crippen LogP contribution is 2.30. The molecule has 2 aromatic heterocycles. The number of benzene rings is 2. The van der Waals surface area contributed by atoms with E-state index in [2.05, 4.69) is 32.2 Å². The molecule has 4 rings (SSSR count). The lowest BCUT2D eigenvalue weighted by molar-refractivity contribution is 0.478. The zero-order chi connectivity index (χ0) is 23.2. The molecule has 0 radical (unpaired) electrons. The molecule has 0 atom stereocenters. The standard InChI is InChI=1S/C25H21F2N5O/c1-16-22(17(2)31-15-18-11-19(26)13-20(27)12-18)5-3-6-23(16)33-21-7-10-28-24(14-21)32-25-29-8-4-9-30-25/h3-14,31H,2,15H2,1H3,(H,28,29,30,32). The summed E-state index contributed by atoms with van der Waals surface area (Å²) in [6, 6.07) is 14.2. The molecule has 0 bridgehead atoms. The van der Waals surface area contributed by atoms with Crippen LogP contribution < -0.4 is 15.4 Å². The highest BCUT2D eigenvalue weighted by molar-refractivity contribution is 5.67. The predicted octanol–water partition coefficient (Wildman–Crippen LogP) is 5.75. The van der Waals surface area contributed by atoms with Crippen LogP contribution in [0.4, 0.5) is 20.5 Å². The Kier molecular flexibility index (Phi) is 6.54. The molecule has 0 fully saturated rings. The van der Waals surface area contributed by atoms with Crippen LogP contribution in [0.5, 0.6) is 11.5 Å². The van der Waals surface area contributed by atoms with E-state index in [9.17, 15) is 8.78 Å². The Morgan fingerprint density at radius 3 is 2.45 bits per heavy atom. The summed E-state index contributed by atoms with van der Waals surface area (Å²) in [6.07, 6.45) is 4.89. The van der Waals surface area contributed by atoms with Crippen LogP contribution in [0.15, 0.2) is 79.8 Å². The summed E-state index contributed by atoms with van der Waals surface area (Å²) in [7, 11) is 0. The molecule has 2 heterocycles. The van der Waals surface area contributed by atoms with Crippen molar-refractivity contribution in [3.05, 3.63) is 108 Å². The Morgan fingerprint density at radius 1 is 0.939 bits per heavy atom. The van der Waals surface area contributed by atoms with Crippen molar-refractivity contribution in [1.29, 1.82) is 0 Å². The second-order valence-electron chi connectivity index (χ2n) is 7.21. The number of anilines is 2. The van der Waals surface area contributed by atoms with E-state index in [1.54, 1.807) is 36.8 Å². The molecule has 0 amide bonds. The Labute approximate surface area is 190 Å². The maximum Gasteiger partial charge on any atom is 0.228 e. The summed E-state index contributed by atoms with van der Waals surface area (Å²) in [5.74, 6) is 0.961. The van der Waals surface area contributed by atoms with Gasteiger partial charge in [-0.15, -0.1) is 0 Å². The van der Waals surface area contributed by atoms with Crippen LogP contribution in [0.25, 0.3) is 5.70 Å². The quantitative estimate of drug-likeness (QED) is 0.360. The maximum absolute atomic E-state index is 13.4. The third-order valence-corrected chi connectivity index (χ3v) is 4.80. The molecule has 0 saturated carbocycles. The number of hydrogen-bond acceptors (Lipinski definition) is 6. The van der Waals surface area contributed by atoms with E-state index < -0.39 is 11.6 Å². The monoisotopic (exact) mass is 445 g/mol. The van der Waals surface area contributed by atoms with Gasteiger partial charge in [-0.25, -0.2) is 23.7 Å². The molecule has 0 aliphatic carbocycles. The first-order chi connectivity index (χ1) is 16.0. The number of halogens is 2. The Hall–Kier alpha value is -4.33. The Morgan fingerprint density at radius 2 is 1.70 bits per heavy atom. The van der Waals surface area contributed by atoms with Crippen LogP contribution in [0.1, 0.15) is 16.7 Å². The van der Waals surface area contributed by atoms with E-state index in [0.29, 0.717) is 34.5 Å². The first-order valence-corrected chi connectivity index (χ1v) is 10.1. The van der Waals surface area contributed by atoms with Gasteiger partial charge in [-0.05, 0) is 42.8 Å². The number of ether oxygens (including phenoxy) is 1. The predicted molar refractivity (Wildman–Crippen MR) is 123 cm³/mol. The van der Waals surface area contributed by atoms with Crippen LogP contribution >= 0.6 is 0 Å². The number of rotatable bonds is 8. The second kappa shape index (κ2) is 9.86.